The van der Waals surface area contributed by atoms with Crippen molar-refractivity contribution in [2.24, 2.45) is 0 Å². The summed E-state index contributed by atoms with van der Waals surface area (Å²) < 4.78 is 0. The van der Waals surface area contributed by atoms with Crippen molar-refractivity contribution in [3.63, 3.8) is 0 Å². The fourth-order valence-electron chi connectivity index (χ4n) is 4.25. The molecule has 1 N–H and O–H groups in total. The van der Waals surface area contributed by atoms with Gasteiger partial charge in [0.1, 0.15) is 5.54 Å². The van der Waals surface area contributed by atoms with E-state index in [1.807, 2.05) is 12.1 Å². The third kappa shape index (κ3) is 2.98. The normalized spacial score (nSPS) is 26.7. The third-order valence-corrected chi connectivity index (χ3v) is 5.80. The zero-order valence-electron chi connectivity index (χ0n) is 14.9. The highest BCUT2D eigenvalue weighted by Crippen LogP contribution is 2.33. The van der Waals surface area contributed by atoms with Crippen LogP contribution in [0.15, 0.2) is 24.3 Å². The molecule has 1 atom stereocenters. The van der Waals surface area contributed by atoms with E-state index < -0.39 is 5.54 Å². The van der Waals surface area contributed by atoms with Gasteiger partial charge in [-0.15, -0.1) is 6.42 Å². The number of hydrogen-bond acceptors (Lipinski definition) is 4. The Labute approximate surface area is 154 Å². The molecule has 6 nitrogen and oxygen atoms in total. The van der Waals surface area contributed by atoms with Crippen molar-refractivity contribution in [1.82, 2.24) is 20.0 Å². The number of rotatable bonds is 3. The van der Waals surface area contributed by atoms with Crippen molar-refractivity contribution in [1.29, 1.82) is 0 Å². The number of carbonyl (C=O) groups excluding carboxylic acids is 2. The van der Waals surface area contributed by atoms with Crippen LogP contribution >= 0.6 is 0 Å². The minimum atomic E-state index is -0.767. The highest BCUT2D eigenvalue weighted by molar-refractivity contribution is 6.07. The first-order valence-corrected chi connectivity index (χ1v) is 9.20. The quantitative estimate of drug-likeness (QED) is 0.642. The topological polar surface area (TPSA) is 55.9 Å². The van der Waals surface area contributed by atoms with Crippen LogP contribution in [0.2, 0.25) is 0 Å². The first-order valence-electron chi connectivity index (χ1n) is 9.20. The van der Waals surface area contributed by atoms with Gasteiger partial charge < -0.3 is 5.32 Å². The summed E-state index contributed by atoms with van der Waals surface area (Å²) >= 11 is 0. The number of nitrogens with one attached hydrogen (secondary N) is 1. The van der Waals surface area contributed by atoms with E-state index in [9.17, 15) is 9.59 Å². The lowest BCUT2D eigenvalue weighted by Gasteiger charge is -2.36. The van der Waals surface area contributed by atoms with Crippen molar-refractivity contribution in [3.8, 4) is 12.3 Å². The maximum atomic E-state index is 13.1. The number of hydrogen-bond donors (Lipinski definition) is 1. The summed E-state index contributed by atoms with van der Waals surface area (Å²) in [6.07, 6.45) is 7.44. The lowest BCUT2D eigenvalue weighted by Crippen LogP contribution is -2.53. The number of carbonyl (C=O) groups is 2. The van der Waals surface area contributed by atoms with Gasteiger partial charge in [-0.2, -0.15) is 0 Å². The SMILES string of the molecule is C#CCN1CCN(CN2C(=O)NC3(CCc4ccccc4C3)C2=O)CC1. The van der Waals surface area contributed by atoms with Crippen molar-refractivity contribution < 1.29 is 9.59 Å². The van der Waals surface area contributed by atoms with E-state index in [4.69, 9.17) is 6.42 Å². The van der Waals surface area contributed by atoms with Gasteiger partial charge in [-0.1, -0.05) is 30.2 Å². The van der Waals surface area contributed by atoms with Crippen molar-refractivity contribution >= 4 is 11.9 Å². The standard InChI is InChI=1S/C20H24N4O2/c1-2-9-22-10-12-23(13-11-22)15-24-18(25)20(21-19(24)26)8-7-16-5-3-4-6-17(16)14-20/h1,3-6H,7-15H2,(H,21,26). The molecule has 0 aromatic heterocycles. The van der Waals surface area contributed by atoms with Crippen LogP contribution in [0.4, 0.5) is 4.79 Å². The van der Waals surface area contributed by atoms with Crippen LogP contribution in [0.25, 0.3) is 0 Å². The molecule has 4 rings (SSSR count). The van der Waals surface area contributed by atoms with Gasteiger partial charge in [0.15, 0.2) is 0 Å². The second-order valence-electron chi connectivity index (χ2n) is 7.43. The van der Waals surface area contributed by atoms with Gasteiger partial charge in [0.2, 0.25) is 0 Å². The van der Waals surface area contributed by atoms with Crippen LogP contribution in [0.1, 0.15) is 17.5 Å². The molecule has 2 aliphatic heterocycles. The Morgan fingerprint density at radius 2 is 1.77 bits per heavy atom. The molecule has 1 unspecified atom stereocenters. The summed E-state index contributed by atoms with van der Waals surface area (Å²) in [5.41, 5.74) is 1.68. The summed E-state index contributed by atoms with van der Waals surface area (Å²) in [4.78, 5) is 31.4. The van der Waals surface area contributed by atoms with Gasteiger partial charge in [0.25, 0.3) is 5.91 Å². The number of nitrogens with zero attached hydrogens (tertiary/aromatic N) is 3. The fraction of sp³-hybridized carbons (Fsp3) is 0.500. The van der Waals surface area contributed by atoms with Crippen LogP contribution in [0.3, 0.4) is 0 Å². The van der Waals surface area contributed by atoms with E-state index >= 15 is 0 Å². The van der Waals surface area contributed by atoms with Gasteiger partial charge in [-0.25, -0.2) is 9.69 Å². The molecule has 0 bridgehead atoms. The van der Waals surface area contributed by atoms with E-state index in [1.165, 1.54) is 10.5 Å². The molecular weight excluding hydrogens is 328 g/mol. The first-order chi connectivity index (χ1) is 12.6. The zero-order valence-corrected chi connectivity index (χ0v) is 14.9. The largest absolute Gasteiger partial charge is 0.326 e. The Hall–Kier alpha value is -2.36. The minimum Gasteiger partial charge on any atom is -0.323 e. The maximum Gasteiger partial charge on any atom is 0.326 e. The van der Waals surface area contributed by atoms with Gasteiger partial charge in [-0.05, 0) is 24.0 Å². The molecule has 3 amide bonds. The summed E-state index contributed by atoms with van der Waals surface area (Å²) in [5.74, 6) is 2.58. The van der Waals surface area contributed by atoms with Gasteiger partial charge in [0, 0.05) is 32.6 Å². The number of imide groups is 1. The summed E-state index contributed by atoms with van der Waals surface area (Å²) in [5, 5.41) is 3.00. The Kier molecular flexibility index (Phi) is 4.43. The van der Waals surface area contributed by atoms with Crippen LogP contribution in [0.5, 0.6) is 0 Å². The second kappa shape index (κ2) is 6.75. The molecule has 3 aliphatic rings. The number of amides is 3. The van der Waals surface area contributed by atoms with E-state index in [-0.39, 0.29) is 11.9 Å². The number of piperazine rings is 1. The van der Waals surface area contributed by atoms with E-state index in [2.05, 4.69) is 33.2 Å². The average molecular weight is 352 g/mol. The third-order valence-electron chi connectivity index (χ3n) is 5.80. The molecule has 1 aliphatic carbocycles. The predicted molar refractivity (Wildman–Crippen MR) is 98.3 cm³/mol. The molecule has 2 heterocycles. The number of benzene rings is 1. The van der Waals surface area contributed by atoms with Crippen molar-refractivity contribution in [2.75, 3.05) is 39.4 Å². The lowest BCUT2D eigenvalue weighted by atomic mass is 9.78. The van der Waals surface area contributed by atoms with Crippen molar-refractivity contribution in [3.05, 3.63) is 35.4 Å². The maximum absolute atomic E-state index is 13.1. The molecule has 0 radical (unpaired) electrons. The molecule has 0 saturated carbocycles. The van der Waals surface area contributed by atoms with E-state index in [1.54, 1.807) is 0 Å². The fourth-order valence-corrected chi connectivity index (χ4v) is 4.25. The van der Waals surface area contributed by atoms with E-state index in [0.717, 1.165) is 38.2 Å². The molecule has 2 fully saturated rings. The molecular formula is C20H24N4O2. The molecule has 136 valence electrons. The summed E-state index contributed by atoms with van der Waals surface area (Å²) in [6, 6.07) is 7.92. The average Bonchev–Trinajstić information content (AvgIpc) is 2.87. The van der Waals surface area contributed by atoms with E-state index in [0.29, 0.717) is 26.1 Å². The molecule has 2 saturated heterocycles. The number of terminal acetylenes is 1. The van der Waals surface area contributed by atoms with Crippen LogP contribution < -0.4 is 5.32 Å². The first kappa shape index (κ1) is 17.1. The second-order valence-corrected chi connectivity index (χ2v) is 7.43. The van der Waals surface area contributed by atoms with Gasteiger partial charge >= 0.3 is 6.03 Å². The van der Waals surface area contributed by atoms with Gasteiger partial charge in [-0.3, -0.25) is 14.6 Å². The van der Waals surface area contributed by atoms with Gasteiger partial charge in [0.05, 0.1) is 13.2 Å². The molecule has 6 heteroatoms. The molecule has 1 aromatic carbocycles. The zero-order chi connectivity index (χ0) is 18.1. The molecule has 1 aromatic rings. The lowest BCUT2D eigenvalue weighted by molar-refractivity contribution is -0.133. The van der Waals surface area contributed by atoms with Crippen LogP contribution in [-0.4, -0.2) is 71.6 Å². The monoisotopic (exact) mass is 352 g/mol. The Morgan fingerprint density at radius 3 is 2.50 bits per heavy atom. The number of urea groups is 1. The Bertz CT molecular complexity index is 763. The van der Waals surface area contributed by atoms with Crippen LogP contribution in [0, 0.1) is 12.3 Å². The number of fused-ring (bicyclic) bond motifs is 1. The smallest absolute Gasteiger partial charge is 0.323 e. The summed E-state index contributed by atoms with van der Waals surface area (Å²) in [7, 11) is 0. The molecule has 26 heavy (non-hydrogen) atoms. The Balaban J connectivity index is 1.43. The Morgan fingerprint density at radius 1 is 1.08 bits per heavy atom. The predicted octanol–water partition coefficient (Wildman–Crippen LogP) is 0.674. The van der Waals surface area contributed by atoms with Crippen LogP contribution in [-0.2, 0) is 17.6 Å². The van der Waals surface area contributed by atoms with Crippen molar-refractivity contribution in [2.45, 2.75) is 24.8 Å². The summed E-state index contributed by atoms with van der Waals surface area (Å²) in [6.45, 7) is 4.37. The highest BCUT2D eigenvalue weighted by Gasteiger charge is 2.52. The molecule has 1 spiro atoms. The highest BCUT2D eigenvalue weighted by atomic mass is 16.2. The number of aryl methyl sites for hydroxylation is 1. The minimum absolute atomic E-state index is 0.0805.